The van der Waals surface area contributed by atoms with E-state index in [4.69, 9.17) is 4.43 Å². The second-order valence-corrected chi connectivity index (χ2v) is 10.8. The Morgan fingerprint density at radius 3 is 2.75 bits per heavy atom. The van der Waals surface area contributed by atoms with Crippen LogP contribution in [0.3, 0.4) is 0 Å². The van der Waals surface area contributed by atoms with Crippen molar-refractivity contribution in [3.05, 3.63) is 12.2 Å². The Hall–Kier alpha value is -0.683. The van der Waals surface area contributed by atoms with Crippen LogP contribution in [0.5, 0.6) is 0 Å². The van der Waals surface area contributed by atoms with E-state index in [1.807, 2.05) is 0 Å². The van der Waals surface area contributed by atoms with Gasteiger partial charge in [0.25, 0.3) is 0 Å². The lowest BCUT2D eigenvalue weighted by Gasteiger charge is -2.37. The maximum Gasteiger partial charge on any atom is 0.193 e. The first-order valence-electron chi connectivity index (χ1n) is 5.87. The molecule has 1 aromatic heterocycles. The summed E-state index contributed by atoms with van der Waals surface area (Å²) in [4.78, 5) is 0. The SMILES string of the molecule is CC(C)(C)[Si](C)(C)OC1CCn2cnnc21. The summed E-state index contributed by atoms with van der Waals surface area (Å²) in [5.74, 6) is 1.00. The van der Waals surface area contributed by atoms with E-state index >= 15 is 0 Å². The quantitative estimate of drug-likeness (QED) is 0.745. The fourth-order valence-corrected chi connectivity index (χ4v) is 3.00. The molecule has 1 aliphatic rings. The molecule has 0 saturated heterocycles. The van der Waals surface area contributed by atoms with Crippen molar-refractivity contribution < 1.29 is 4.43 Å². The summed E-state index contributed by atoms with van der Waals surface area (Å²) >= 11 is 0. The fraction of sp³-hybridized carbons (Fsp3) is 0.818. The summed E-state index contributed by atoms with van der Waals surface area (Å²) in [6.45, 7) is 12.3. The average molecular weight is 239 g/mol. The first-order chi connectivity index (χ1) is 7.31. The number of fused-ring (bicyclic) bond motifs is 1. The summed E-state index contributed by atoms with van der Waals surface area (Å²) in [7, 11) is -1.69. The van der Waals surface area contributed by atoms with Crippen LogP contribution in [0.4, 0.5) is 0 Å². The topological polar surface area (TPSA) is 39.9 Å². The minimum Gasteiger partial charge on any atom is -0.407 e. The molecule has 0 aliphatic carbocycles. The first-order valence-corrected chi connectivity index (χ1v) is 8.77. The Balaban J connectivity index is 2.13. The highest BCUT2D eigenvalue weighted by Gasteiger charge is 2.41. The highest BCUT2D eigenvalue weighted by atomic mass is 28.4. The third kappa shape index (κ3) is 1.93. The molecular formula is C11H21N3OSi. The zero-order valence-electron chi connectivity index (χ0n) is 10.8. The van der Waals surface area contributed by atoms with Gasteiger partial charge in [-0.25, -0.2) is 0 Å². The van der Waals surface area contributed by atoms with E-state index < -0.39 is 8.32 Å². The van der Waals surface area contributed by atoms with E-state index in [1.165, 1.54) is 0 Å². The van der Waals surface area contributed by atoms with E-state index in [0.717, 1.165) is 18.8 Å². The smallest absolute Gasteiger partial charge is 0.193 e. The number of hydrogen-bond donors (Lipinski definition) is 0. The van der Waals surface area contributed by atoms with Gasteiger partial charge in [0.05, 0.1) is 0 Å². The maximum absolute atomic E-state index is 6.36. The van der Waals surface area contributed by atoms with Gasteiger partial charge in [0.2, 0.25) is 0 Å². The molecule has 0 aromatic carbocycles. The van der Waals surface area contributed by atoms with E-state index in [-0.39, 0.29) is 11.1 Å². The van der Waals surface area contributed by atoms with Gasteiger partial charge >= 0.3 is 0 Å². The molecule has 1 aromatic rings. The predicted molar refractivity (Wildman–Crippen MR) is 65.7 cm³/mol. The molecule has 0 spiro atoms. The molecule has 0 N–H and O–H groups in total. The van der Waals surface area contributed by atoms with Gasteiger partial charge in [-0.1, -0.05) is 20.8 Å². The van der Waals surface area contributed by atoms with Crippen LogP contribution in [0.15, 0.2) is 6.33 Å². The zero-order valence-corrected chi connectivity index (χ0v) is 11.8. The van der Waals surface area contributed by atoms with Crippen molar-refractivity contribution in [1.29, 1.82) is 0 Å². The molecule has 0 bridgehead atoms. The van der Waals surface area contributed by atoms with Crippen molar-refractivity contribution in [2.45, 2.75) is 58.0 Å². The Kier molecular flexibility index (Phi) is 2.70. The van der Waals surface area contributed by atoms with Gasteiger partial charge in [-0.2, -0.15) is 0 Å². The van der Waals surface area contributed by atoms with E-state index in [1.54, 1.807) is 6.33 Å². The normalized spacial score (nSPS) is 21.2. The second kappa shape index (κ2) is 3.67. The lowest BCUT2D eigenvalue weighted by atomic mass is 10.2. The first kappa shape index (κ1) is 11.8. The number of rotatable bonds is 2. The Bertz CT molecular complexity index is 381. The molecule has 4 nitrogen and oxygen atoms in total. The average Bonchev–Trinajstić information content (AvgIpc) is 2.67. The molecule has 1 aliphatic heterocycles. The molecule has 2 heterocycles. The molecule has 2 rings (SSSR count). The van der Waals surface area contributed by atoms with Crippen molar-refractivity contribution in [1.82, 2.24) is 14.8 Å². The van der Waals surface area contributed by atoms with Gasteiger partial charge in [0.15, 0.2) is 14.1 Å². The van der Waals surface area contributed by atoms with Gasteiger partial charge in [-0.15, -0.1) is 10.2 Å². The molecule has 0 fully saturated rings. The third-order valence-corrected chi connectivity index (χ3v) is 8.29. The summed E-state index contributed by atoms with van der Waals surface area (Å²) in [6, 6.07) is 0. The zero-order chi connectivity index (χ0) is 12.0. The molecule has 5 heteroatoms. The highest BCUT2D eigenvalue weighted by molar-refractivity contribution is 6.74. The van der Waals surface area contributed by atoms with Crippen molar-refractivity contribution in [2.24, 2.45) is 0 Å². The third-order valence-electron chi connectivity index (χ3n) is 3.81. The van der Waals surface area contributed by atoms with Crippen molar-refractivity contribution in [2.75, 3.05) is 0 Å². The molecule has 0 saturated carbocycles. The van der Waals surface area contributed by atoms with Crippen LogP contribution >= 0.6 is 0 Å². The highest BCUT2D eigenvalue weighted by Crippen LogP contribution is 2.41. The van der Waals surface area contributed by atoms with Gasteiger partial charge in [0, 0.05) is 6.54 Å². The van der Waals surface area contributed by atoms with E-state index in [0.29, 0.717) is 0 Å². The Morgan fingerprint density at radius 2 is 2.12 bits per heavy atom. The number of aryl methyl sites for hydroxylation is 1. The van der Waals surface area contributed by atoms with Gasteiger partial charge in [-0.05, 0) is 24.6 Å². The monoisotopic (exact) mass is 239 g/mol. The van der Waals surface area contributed by atoms with Gasteiger partial charge < -0.3 is 8.99 Å². The molecule has 1 unspecified atom stereocenters. The van der Waals surface area contributed by atoms with Crippen LogP contribution in [0.25, 0.3) is 0 Å². The molecule has 1 atom stereocenters. The predicted octanol–water partition coefficient (Wildman–Crippen LogP) is 2.74. The molecule has 0 amide bonds. The Morgan fingerprint density at radius 1 is 1.44 bits per heavy atom. The molecule has 16 heavy (non-hydrogen) atoms. The lowest BCUT2D eigenvalue weighted by molar-refractivity contribution is 0.180. The fourth-order valence-electron chi connectivity index (χ4n) is 1.72. The van der Waals surface area contributed by atoms with Crippen LogP contribution in [0, 0.1) is 0 Å². The minimum atomic E-state index is -1.69. The minimum absolute atomic E-state index is 0.156. The van der Waals surface area contributed by atoms with Gasteiger partial charge in [0.1, 0.15) is 12.4 Å². The van der Waals surface area contributed by atoms with E-state index in [2.05, 4.69) is 48.6 Å². The summed E-state index contributed by atoms with van der Waals surface area (Å²) in [6.07, 6.45) is 2.99. The largest absolute Gasteiger partial charge is 0.407 e. The van der Waals surface area contributed by atoms with Crippen LogP contribution in [-0.2, 0) is 11.0 Å². The van der Waals surface area contributed by atoms with Crippen LogP contribution in [0.1, 0.15) is 39.1 Å². The van der Waals surface area contributed by atoms with Gasteiger partial charge in [-0.3, -0.25) is 0 Å². The van der Waals surface area contributed by atoms with Crippen molar-refractivity contribution in [3.8, 4) is 0 Å². The van der Waals surface area contributed by atoms with Crippen molar-refractivity contribution >= 4 is 8.32 Å². The summed E-state index contributed by atoms with van der Waals surface area (Å²) in [5.41, 5.74) is 0. The molecule has 0 radical (unpaired) electrons. The lowest BCUT2D eigenvalue weighted by Crippen LogP contribution is -2.41. The number of hydrogen-bond acceptors (Lipinski definition) is 3. The molecular weight excluding hydrogens is 218 g/mol. The number of aromatic nitrogens is 3. The van der Waals surface area contributed by atoms with Crippen LogP contribution < -0.4 is 0 Å². The standard InChI is InChI=1S/C11H21N3OSi/c1-11(2,3)16(4,5)15-9-6-7-14-8-12-13-10(9)14/h8-9H,6-7H2,1-5H3. The maximum atomic E-state index is 6.36. The summed E-state index contributed by atoms with van der Waals surface area (Å²) < 4.78 is 8.46. The van der Waals surface area contributed by atoms with E-state index in [9.17, 15) is 0 Å². The number of nitrogens with zero attached hydrogens (tertiary/aromatic N) is 3. The molecule has 90 valence electrons. The van der Waals surface area contributed by atoms with Crippen LogP contribution in [-0.4, -0.2) is 23.1 Å². The van der Waals surface area contributed by atoms with Crippen LogP contribution in [0.2, 0.25) is 18.1 Å². The summed E-state index contributed by atoms with van der Waals surface area (Å²) in [5, 5.41) is 8.34. The second-order valence-electron chi connectivity index (χ2n) is 6.04. The Labute approximate surface area is 98.2 Å². The van der Waals surface area contributed by atoms with Crippen molar-refractivity contribution in [3.63, 3.8) is 0 Å².